The quantitative estimate of drug-likeness (QED) is 0.872. The Balaban J connectivity index is 2.35. The maximum absolute atomic E-state index is 12.7. The zero-order chi connectivity index (χ0) is 14.9. The van der Waals surface area contributed by atoms with E-state index in [1.165, 1.54) is 4.90 Å². The highest BCUT2D eigenvalue weighted by atomic mass is 32.1. The first-order chi connectivity index (χ1) is 9.40. The van der Waals surface area contributed by atoms with Crippen molar-refractivity contribution in [2.75, 3.05) is 11.9 Å². The smallest absolute Gasteiger partial charge is 0.283 e. The van der Waals surface area contributed by atoms with Crippen LogP contribution >= 0.6 is 11.5 Å². The molecular formula is C13H13F2N3OS. The Morgan fingerprint density at radius 3 is 2.40 bits per heavy atom. The Morgan fingerprint density at radius 2 is 1.85 bits per heavy atom. The molecule has 2 rings (SSSR count). The zero-order valence-electron chi connectivity index (χ0n) is 11.2. The second-order valence-electron chi connectivity index (χ2n) is 4.50. The predicted molar refractivity (Wildman–Crippen MR) is 73.5 cm³/mol. The lowest BCUT2D eigenvalue weighted by molar-refractivity contribution is 0.0981. The highest BCUT2D eigenvalue weighted by Gasteiger charge is 2.26. The molecule has 0 saturated heterocycles. The van der Waals surface area contributed by atoms with E-state index in [1.54, 1.807) is 7.05 Å². The van der Waals surface area contributed by atoms with E-state index in [2.05, 4.69) is 9.59 Å². The van der Waals surface area contributed by atoms with Gasteiger partial charge < -0.3 is 4.90 Å². The summed E-state index contributed by atoms with van der Waals surface area (Å²) in [5, 5.41) is 3.32. The number of hydrogen-bond donors (Lipinski definition) is 0. The average molecular weight is 297 g/mol. The Bertz CT molecular complexity index is 622. The summed E-state index contributed by atoms with van der Waals surface area (Å²) in [6.45, 7) is 3.82. The molecule has 1 aromatic heterocycles. The molecule has 20 heavy (non-hydrogen) atoms. The van der Waals surface area contributed by atoms with Crippen LogP contribution in [0.3, 0.4) is 0 Å². The second-order valence-corrected chi connectivity index (χ2v) is 5.25. The van der Waals surface area contributed by atoms with Crippen LogP contribution in [0, 0.1) is 13.8 Å². The third kappa shape index (κ3) is 2.82. The predicted octanol–water partition coefficient (Wildman–Crippen LogP) is 3.37. The topological polar surface area (TPSA) is 46.1 Å². The van der Waals surface area contributed by atoms with Gasteiger partial charge in [-0.15, -0.1) is 5.10 Å². The number of amides is 1. The van der Waals surface area contributed by atoms with Crippen molar-refractivity contribution in [1.82, 2.24) is 9.59 Å². The summed E-state index contributed by atoms with van der Waals surface area (Å²) in [7, 11) is 1.55. The molecule has 0 saturated carbocycles. The molecule has 0 aliphatic rings. The van der Waals surface area contributed by atoms with Crippen molar-refractivity contribution in [2.45, 2.75) is 20.3 Å². The maximum atomic E-state index is 12.7. The summed E-state index contributed by atoms with van der Waals surface area (Å²) < 4.78 is 28.9. The monoisotopic (exact) mass is 297 g/mol. The lowest BCUT2D eigenvalue weighted by Crippen LogP contribution is -2.26. The van der Waals surface area contributed by atoms with Crippen LogP contribution < -0.4 is 4.90 Å². The van der Waals surface area contributed by atoms with E-state index in [9.17, 15) is 13.6 Å². The number of halogens is 2. The number of aryl methyl sites for hydroxylation is 2. The van der Waals surface area contributed by atoms with Gasteiger partial charge in [-0.1, -0.05) is 10.6 Å². The first kappa shape index (κ1) is 14.5. The van der Waals surface area contributed by atoms with Crippen molar-refractivity contribution in [3.63, 3.8) is 0 Å². The highest BCUT2D eigenvalue weighted by Crippen LogP contribution is 2.26. The van der Waals surface area contributed by atoms with Gasteiger partial charge in [0.15, 0.2) is 5.69 Å². The highest BCUT2D eigenvalue weighted by molar-refractivity contribution is 7.08. The fraction of sp³-hybridized carbons (Fsp3) is 0.308. The van der Waals surface area contributed by atoms with E-state index >= 15 is 0 Å². The molecule has 2 aromatic rings. The van der Waals surface area contributed by atoms with Crippen LogP contribution in [0.15, 0.2) is 18.2 Å². The van der Waals surface area contributed by atoms with Crippen molar-refractivity contribution in [3.8, 4) is 0 Å². The molecule has 0 aliphatic heterocycles. The van der Waals surface area contributed by atoms with E-state index in [1.807, 2.05) is 32.0 Å². The average Bonchev–Trinajstić information content (AvgIpc) is 2.85. The summed E-state index contributed by atoms with van der Waals surface area (Å²) in [6.07, 6.45) is -2.81. The summed E-state index contributed by atoms with van der Waals surface area (Å²) in [5.41, 5.74) is 2.09. The molecule has 1 aromatic carbocycles. The van der Waals surface area contributed by atoms with Crippen LogP contribution in [0.5, 0.6) is 0 Å². The fourth-order valence-corrected chi connectivity index (χ4v) is 2.55. The van der Waals surface area contributed by atoms with Crippen LogP contribution in [0.1, 0.15) is 32.9 Å². The molecule has 0 aliphatic carbocycles. The van der Waals surface area contributed by atoms with Gasteiger partial charge in [-0.25, -0.2) is 8.78 Å². The van der Waals surface area contributed by atoms with Crippen LogP contribution in [0.25, 0.3) is 0 Å². The second kappa shape index (κ2) is 5.62. The number of carbonyl (C=O) groups excluding carboxylic acids is 1. The summed E-state index contributed by atoms with van der Waals surface area (Å²) in [4.78, 5) is 13.5. The lowest BCUT2D eigenvalue weighted by Gasteiger charge is -2.18. The van der Waals surface area contributed by atoms with Crippen LogP contribution in [-0.2, 0) is 0 Å². The molecule has 0 bridgehead atoms. The standard InChI is InChI=1S/C13H13F2N3OS/c1-7-4-8(2)6-9(5-7)18(3)13(19)11-10(12(14)15)16-17-20-11/h4-6,12H,1-3H3. The number of anilines is 1. The number of nitrogens with zero attached hydrogens (tertiary/aromatic N) is 3. The third-order valence-corrected chi connectivity index (χ3v) is 3.54. The molecule has 106 valence electrons. The minimum Gasteiger partial charge on any atom is -0.311 e. The van der Waals surface area contributed by atoms with Crippen molar-refractivity contribution < 1.29 is 13.6 Å². The van der Waals surface area contributed by atoms with E-state index in [-0.39, 0.29) is 4.88 Å². The van der Waals surface area contributed by atoms with Gasteiger partial charge in [0, 0.05) is 12.7 Å². The summed E-state index contributed by atoms with van der Waals surface area (Å²) >= 11 is 0.685. The molecule has 0 unspecified atom stereocenters. The largest absolute Gasteiger partial charge is 0.311 e. The Labute approximate surface area is 119 Å². The Kier molecular flexibility index (Phi) is 4.08. The van der Waals surface area contributed by atoms with Gasteiger partial charge in [-0.3, -0.25) is 4.79 Å². The molecule has 4 nitrogen and oxygen atoms in total. The summed E-state index contributed by atoms with van der Waals surface area (Å²) in [6, 6.07) is 5.61. The molecule has 0 radical (unpaired) electrons. The van der Waals surface area contributed by atoms with Crippen LogP contribution in [-0.4, -0.2) is 22.5 Å². The SMILES string of the molecule is Cc1cc(C)cc(N(C)C(=O)c2snnc2C(F)F)c1. The molecule has 0 N–H and O–H groups in total. The number of alkyl halides is 2. The number of aromatic nitrogens is 2. The van der Waals surface area contributed by atoms with Gasteiger partial charge >= 0.3 is 0 Å². The van der Waals surface area contributed by atoms with E-state index < -0.39 is 18.0 Å². The van der Waals surface area contributed by atoms with Gasteiger partial charge in [0.1, 0.15) is 4.88 Å². The van der Waals surface area contributed by atoms with Gasteiger partial charge in [-0.2, -0.15) is 0 Å². The van der Waals surface area contributed by atoms with Crippen molar-refractivity contribution in [2.24, 2.45) is 0 Å². The normalized spacial score (nSPS) is 10.9. The van der Waals surface area contributed by atoms with Crippen LogP contribution in [0.2, 0.25) is 0 Å². The molecule has 1 amide bonds. The minimum atomic E-state index is -2.81. The van der Waals surface area contributed by atoms with E-state index in [0.29, 0.717) is 17.2 Å². The molecule has 0 spiro atoms. The van der Waals surface area contributed by atoms with Gasteiger partial charge in [0.2, 0.25) is 0 Å². The summed E-state index contributed by atoms with van der Waals surface area (Å²) in [5.74, 6) is -0.528. The first-order valence-corrected chi connectivity index (χ1v) is 6.64. The number of hydrogen-bond acceptors (Lipinski definition) is 4. The van der Waals surface area contributed by atoms with E-state index in [0.717, 1.165) is 11.1 Å². The third-order valence-electron chi connectivity index (χ3n) is 2.81. The molecule has 1 heterocycles. The number of benzene rings is 1. The molecule has 0 atom stereocenters. The number of carbonyl (C=O) groups is 1. The fourth-order valence-electron chi connectivity index (χ4n) is 1.90. The van der Waals surface area contributed by atoms with Crippen molar-refractivity contribution >= 4 is 23.1 Å². The zero-order valence-corrected chi connectivity index (χ0v) is 12.0. The molecule has 0 fully saturated rings. The van der Waals surface area contributed by atoms with E-state index in [4.69, 9.17) is 0 Å². The Morgan fingerprint density at radius 1 is 1.25 bits per heavy atom. The van der Waals surface area contributed by atoms with Gasteiger partial charge in [-0.05, 0) is 48.6 Å². The first-order valence-electron chi connectivity index (χ1n) is 5.87. The maximum Gasteiger partial charge on any atom is 0.283 e. The minimum absolute atomic E-state index is 0.123. The molecular weight excluding hydrogens is 284 g/mol. The molecule has 7 heteroatoms. The van der Waals surface area contributed by atoms with Gasteiger partial charge in [0.05, 0.1) is 0 Å². The van der Waals surface area contributed by atoms with Crippen molar-refractivity contribution in [1.29, 1.82) is 0 Å². The number of rotatable bonds is 3. The van der Waals surface area contributed by atoms with Gasteiger partial charge in [0.25, 0.3) is 12.3 Å². The Hall–Kier alpha value is -1.89. The van der Waals surface area contributed by atoms with Crippen molar-refractivity contribution in [3.05, 3.63) is 39.9 Å². The van der Waals surface area contributed by atoms with Crippen LogP contribution in [0.4, 0.5) is 14.5 Å². The lowest BCUT2D eigenvalue weighted by atomic mass is 10.1.